The van der Waals surface area contributed by atoms with E-state index in [1.54, 1.807) is 12.1 Å². The molecule has 1 N–H and O–H groups in total. The summed E-state index contributed by atoms with van der Waals surface area (Å²) in [5, 5.41) is 9.48. The van der Waals surface area contributed by atoms with Crippen LogP contribution in [-0.4, -0.2) is 5.11 Å². The Morgan fingerprint density at radius 2 is 1.38 bits per heavy atom. The van der Waals surface area contributed by atoms with Crippen molar-refractivity contribution in [2.24, 2.45) is 0 Å². The smallest absolute Gasteiger partial charge is 0.116 e. The van der Waals surface area contributed by atoms with Crippen molar-refractivity contribution >= 4 is 0 Å². The van der Waals surface area contributed by atoms with Crippen LogP contribution in [-0.2, 0) is 0 Å². The van der Waals surface area contributed by atoms with E-state index in [-0.39, 0.29) is 0 Å². The van der Waals surface area contributed by atoms with Gasteiger partial charge in [0, 0.05) is 0 Å². The van der Waals surface area contributed by atoms with Gasteiger partial charge in [0.05, 0.1) is 0 Å². The lowest BCUT2D eigenvalue weighted by Gasteiger charge is -1.98. The predicted molar refractivity (Wildman–Crippen MR) is 54.2 cm³/mol. The minimum Gasteiger partial charge on any atom is -0.508 e. The summed E-state index contributed by atoms with van der Waals surface area (Å²) in [5.74, 6) is 0.339. The Morgan fingerprint density at radius 1 is 0.923 bits per heavy atom. The molecule has 0 saturated carbocycles. The van der Waals surface area contributed by atoms with E-state index in [4.69, 9.17) is 0 Å². The Morgan fingerprint density at radius 3 is 1.85 bits per heavy atom. The van der Waals surface area contributed by atoms with Crippen LogP contribution in [0.1, 0.15) is 11.1 Å². The van der Waals surface area contributed by atoms with Crippen LogP contribution in [0.5, 0.6) is 5.75 Å². The first-order chi connectivity index (χ1) is 6.18. The zero-order valence-corrected chi connectivity index (χ0v) is 7.83. The third kappa shape index (κ3) is 1.26. The zero-order valence-electron chi connectivity index (χ0n) is 7.83. The summed E-state index contributed by atoms with van der Waals surface area (Å²) in [5.41, 5.74) is 4.67. The van der Waals surface area contributed by atoms with Crippen LogP contribution in [0.3, 0.4) is 0 Å². The molecule has 0 fully saturated rings. The van der Waals surface area contributed by atoms with E-state index in [9.17, 15) is 5.11 Å². The molecule has 66 valence electrons. The Kier molecular flexibility index (Phi) is 1.73. The van der Waals surface area contributed by atoms with E-state index in [0.717, 1.165) is 11.1 Å². The second-order valence-electron chi connectivity index (χ2n) is 3.43. The standard InChI is InChI=1S/C12H12O/c1-8-6-10(13)7-9(2)12-5-3-4-11(8)12/h3-7,13H,1-2H3. The first-order valence-electron chi connectivity index (χ1n) is 4.37. The van der Waals surface area contributed by atoms with Gasteiger partial charge in [0.15, 0.2) is 0 Å². The fourth-order valence-electron chi connectivity index (χ4n) is 1.75. The number of aryl methyl sites for hydroxylation is 2. The summed E-state index contributed by atoms with van der Waals surface area (Å²) in [6, 6.07) is 9.81. The molecule has 2 aliphatic carbocycles. The molecular weight excluding hydrogens is 160 g/mol. The number of hydrogen-bond donors (Lipinski definition) is 1. The van der Waals surface area contributed by atoms with Crippen molar-refractivity contribution in [2.45, 2.75) is 13.8 Å². The molecule has 0 saturated heterocycles. The van der Waals surface area contributed by atoms with Crippen molar-refractivity contribution in [3.8, 4) is 16.9 Å². The molecule has 2 rings (SSSR count). The monoisotopic (exact) mass is 172 g/mol. The van der Waals surface area contributed by atoms with Crippen molar-refractivity contribution in [1.82, 2.24) is 0 Å². The molecule has 0 aromatic carbocycles. The predicted octanol–water partition coefficient (Wildman–Crippen LogP) is 3.11. The van der Waals surface area contributed by atoms with Crippen LogP contribution in [0.15, 0.2) is 30.3 Å². The maximum Gasteiger partial charge on any atom is 0.116 e. The molecule has 0 radical (unpaired) electrons. The highest BCUT2D eigenvalue weighted by molar-refractivity contribution is 5.73. The summed E-state index contributed by atoms with van der Waals surface area (Å²) in [6.45, 7) is 4.03. The van der Waals surface area contributed by atoms with Crippen LogP contribution in [0.4, 0.5) is 0 Å². The van der Waals surface area contributed by atoms with Gasteiger partial charge in [-0.1, -0.05) is 18.2 Å². The minimum atomic E-state index is 0.339. The molecule has 0 amide bonds. The van der Waals surface area contributed by atoms with Gasteiger partial charge in [-0.2, -0.15) is 0 Å². The lowest BCUT2D eigenvalue weighted by molar-refractivity contribution is 0.475. The third-order valence-electron chi connectivity index (χ3n) is 2.39. The van der Waals surface area contributed by atoms with Crippen LogP contribution in [0.25, 0.3) is 11.1 Å². The second kappa shape index (κ2) is 2.77. The van der Waals surface area contributed by atoms with Gasteiger partial charge in [-0.05, 0) is 48.2 Å². The van der Waals surface area contributed by atoms with Crippen LogP contribution >= 0.6 is 0 Å². The van der Waals surface area contributed by atoms with Gasteiger partial charge in [0.2, 0.25) is 0 Å². The van der Waals surface area contributed by atoms with E-state index in [2.05, 4.69) is 12.1 Å². The van der Waals surface area contributed by atoms with Crippen molar-refractivity contribution in [3.63, 3.8) is 0 Å². The SMILES string of the molecule is Cc1cc(O)cc(C)c2cccc1-2. The lowest BCUT2D eigenvalue weighted by Crippen LogP contribution is -1.75. The van der Waals surface area contributed by atoms with Crippen molar-refractivity contribution in [2.75, 3.05) is 0 Å². The largest absolute Gasteiger partial charge is 0.508 e. The molecule has 0 unspecified atom stereocenters. The number of rotatable bonds is 0. The van der Waals surface area contributed by atoms with Gasteiger partial charge in [0.1, 0.15) is 5.75 Å². The van der Waals surface area contributed by atoms with E-state index in [1.165, 1.54) is 11.1 Å². The van der Waals surface area contributed by atoms with Gasteiger partial charge in [-0.15, -0.1) is 0 Å². The number of fused-ring (bicyclic) bond motifs is 1. The Balaban J connectivity index is 2.85. The van der Waals surface area contributed by atoms with Crippen molar-refractivity contribution < 1.29 is 5.11 Å². The van der Waals surface area contributed by atoms with E-state index < -0.39 is 0 Å². The average Bonchev–Trinajstić information content (AvgIpc) is 2.47. The van der Waals surface area contributed by atoms with Crippen LogP contribution in [0, 0.1) is 13.8 Å². The summed E-state index contributed by atoms with van der Waals surface area (Å²) in [6.07, 6.45) is 0. The molecule has 0 atom stereocenters. The Labute approximate surface area is 78.0 Å². The third-order valence-corrected chi connectivity index (χ3v) is 2.39. The summed E-state index contributed by atoms with van der Waals surface area (Å²) < 4.78 is 0. The zero-order chi connectivity index (χ0) is 9.42. The molecule has 1 nitrogen and oxygen atoms in total. The summed E-state index contributed by atoms with van der Waals surface area (Å²) in [7, 11) is 0. The highest BCUT2D eigenvalue weighted by atomic mass is 16.3. The highest BCUT2D eigenvalue weighted by Crippen LogP contribution is 2.31. The van der Waals surface area contributed by atoms with Gasteiger partial charge < -0.3 is 5.11 Å². The maximum atomic E-state index is 9.48. The van der Waals surface area contributed by atoms with E-state index in [0.29, 0.717) is 5.75 Å². The molecular formula is C12H12O. The van der Waals surface area contributed by atoms with Crippen LogP contribution < -0.4 is 0 Å². The van der Waals surface area contributed by atoms with Gasteiger partial charge >= 0.3 is 0 Å². The van der Waals surface area contributed by atoms with Crippen LogP contribution in [0.2, 0.25) is 0 Å². The lowest BCUT2D eigenvalue weighted by atomic mass is 10.1. The molecule has 0 aromatic rings. The Bertz CT molecular complexity index is 381. The molecule has 2 aliphatic rings. The van der Waals surface area contributed by atoms with E-state index >= 15 is 0 Å². The van der Waals surface area contributed by atoms with Crippen molar-refractivity contribution in [1.29, 1.82) is 0 Å². The van der Waals surface area contributed by atoms with Gasteiger partial charge in [-0.3, -0.25) is 0 Å². The summed E-state index contributed by atoms with van der Waals surface area (Å²) >= 11 is 0. The highest BCUT2D eigenvalue weighted by Gasteiger charge is 2.07. The maximum absolute atomic E-state index is 9.48. The Hall–Kier alpha value is -1.50. The first-order valence-corrected chi connectivity index (χ1v) is 4.37. The quantitative estimate of drug-likeness (QED) is 0.647. The first kappa shape index (κ1) is 8.11. The normalized spacial score (nSPS) is 10.6. The molecule has 0 heterocycles. The van der Waals surface area contributed by atoms with Gasteiger partial charge in [-0.25, -0.2) is 0 Å². The molecule has 0 aliphatic heterocycles. The van der Waals surface area contributed by atoms with Gasteiger partial charge in [0.25, 0.3) is 0 Å². The fraction of sp³-hybridized carbons (Fsp3) is 0.167. The molecule has 13 heavy (non-hydrogen) atoms. The molecule has 0 spiro atoms. The topological polar surface area (TPSA) is 20.2 Å². The second-order valence-corrected chi connectivity index (χ2v) is 3.43. The fourth-order valence-corrected chi connectivity index (χ4v) is 1.75. The summed E-state index contributed by atoms with van der Waals surface area (Å²) in [4.78, 5) is 0. The van der Waals surface area contributed by atoms with Crippen molar-refractivity contribution in [3.05, 3.63) is 41.5 Å². The average molecular weight is 172 g/mol. The number of aromatic hydroxyl groups is 1. The molecule has 0 aromatic heterocycles. The number of hydrogen-bond acceptors (Lipinski definition) is 1. The van der Waals surface area contributed by atoms with E-state index in [1.807, 2.05) is 19.9 Å². The molecule has 0 bridgehead atoms. The minimum absolute atomic E-state index is 0.339. The molecule has 1 heteroatoms.